The Morgan fingerprint density at radius 2 is 1.84 bits per heavy atom. The highest BCUT2D eigenvalue weighted by Crippen LogP contribution is 2.46. The van der Waals surface area contributed by atoms with E-state index in [2.05, 4.69) is 37.3 Å². The van der Waals surface area contributed by atoms with Gasteiger partial charge in [-0.15, -0.1) is 0 Å². The van der Waals surface area contributed by atoms with Gasteiger partial charge in [0.25, 0.3) is 0 Å². The lowest BCUT2D eigenvalue weighted by Gasteiger charge is -2.31. The average Bonchev–Trinajstić information content (AvgIpc) is 3.09. The number of aromatic hydroxyl groups is 1. The number of hydrogen-bond acceptors (Lipinski definition) is 3. The van der Waals surface area contributed by atoms with Crippen LogP contribution in [0.15, 0.2) is 48.5 Å². The molecule has 1 saturated carbocycles. The maximum absolute atomic E-state index is 12.9. The zero-order valence-corrected chi connectivity index (χ0v) is 18.8. The number of rotatable bonds is 10. The Bertz CT molecular complexity index is 860. The molecule has 166 valence electrons. The van der Waals surface area contributed by atoms with Gasteiger partial charge < -0.3 is 9.84 Å². The first kappa shape index (κ1) is 22.1. The molecule has 2 aliphatic carbocycles. The third-order valence-corrected chi connectivity index (χ3v) is 7.43. The molecule has 2 aromatic rings. The zero-order chi connectivity index (χ0) is 21.6. The second-order valence-electron chi connectivity index (χ2n) is 9.52. The number of ether oxygens (including phenoxy) is 1. The van der Waals surface area contributed by atoms with Gasteiger partial charge in [0.1, 0.15) is 11.5 Å². The lowest BCUT2D eigenvalue weighted by atomic mass is 9.73. The van der Waals surface area contributed by atoms with Gasteiger partial charge in [-0.3, -0.25) is 4.79 Å². The summed E-state index contributed by atoms with van der Waals surface area (Å²) < 4.78 is 6.33. The summed E-state index contributed by atoms with van der Waals surface area (Å²) >= 11 is 0. The molecule has 0 aliphatic heterocycles. The Balaban J connectivity index is 1.38. The molecule has 2 aliphatic rings. The van der Waals surface area contributed by atoms with E-state index < -0.39 is 0 Å². The molecule has 0 amide bonds. The van der Waals surface area contributed by atoms with E-state index >= 15 is 0 Å². The van der Waals surface area contributed by atoms with Crippen molar-refractivity contribution in [3.05, 3.63) is 65.2 Å². The molecule has 3 heteroatoms. The van der Waals surface area contributed by atoms with Crippen molar-refractivity contribution in [2.75, 3.05) is 0 Å². The Morgan fingerprint density at radius 1 is 1.00 bits per heavy atom. The molecule has 31 heavy (non-hydrogen) atoms. The molecule has 3 nitrogen and oxygen atoms in total. The summed E-state index contributed by atoms with van der Waals surface area (Å²) in [6.45, 7) is 2.88. The first-order valence-electron chi connectivity index (χ1n) is 12.1. The molecule has 1 fully saturated rings. The van der Waals surface area contributed by atoms with Crippen LogP contribution >= 0.6 is 0 Å². The minimum absolute atomic E-state index is 0.148. The molecule has 4 atom stereocenters. The summed E-state index contributed by atoms with van der Waals surface area (Å²) in [4.78, 5) is 12.9. The molecule has 0 heterocycles. The largest absolute Gasteiger partial charge is 0.508 e. The molecule has 4 rings (SSSR count). The third kappa shape index (κ3) is 5.38. The number of carbonyl (C=O) groups is 1. The normalized spacial score (nSPS) is 23.4. The van der Waals surface area contributed by atoms with Crippen molar-refractivity contribution >= 4 is 5.78 Å². The summed E-state index contributed by atoms with van der Waals surface area (Å²) in [5.74, 6) is 1.79. The van der Waals surface area contributed by atoms with E-state index in [-0.39, 0.29) is 12.0 Å². The maximum Gasteiger partial charge on any atom is 0.136 e. The maximum atomic E-state index is 12.9. The minimum Gasteiger partial charge on any atom is -0.508 e. The smallest absolute Gasteiger partial charge is 0.136 e. The van der Waals surface area contributed by atoms with Crippen molar-refractivity contribution in [2.24, 2.45) is 17.8 Å². The number of unbranched alkanes of at least 4 members (excludes halogenated alkanes) is 2. The number of carbonyl (C=O) groups excluding carboxylic acids is 1. The van der Waals surface area contributed by atoms with E-state index in [1.54, 1.807) is 6.07 Å². The lowest BCUT2D eigenvalue weighted by Crippen LogP contribution is -2.27. The lowest BCUT2D eigenvalue weighted by molar-refractivity contribution is -0.121. The predicted molar refractivity (Wildman–Crippen MR) is 124 cm³/mol. The van der Waals surface area contributed by atoms with Crippen molar-refractivity contribution in [2.45, 2.75) is 77.4 Å². The van der Waals surface area contributed by atoms with Crippen LogP contribution in [-0.2, 0) is 29.0 Å². The van der Waals surface area contributed by atoms with Crippen LogP contribution in [0, 0.1) is 17.8 Å². The van der Waals surface area contributed by atoms with Gasteiger partial charge in [0, 0.05) is 12.3 Å². The molecule has 2 aromatic carbocycles. The number of hydrogen-bond donors (Lipinski definition) is 1. The van der Waals surface area contributed by atoms with Crippen LogP contribution in [0.4, 0.5) is 0 Å². The highest BCUT2D eigenvalue weighted by atomic mass is 16.5. The third-order valence-electron chi connectivity index (χ3n) is 7.43. The van der Waals surface area contributed by atoms with Crippen LogP contribution in [0.1, 0.15) is 68.6 Å². The number of benzene rings is 2. The molecular weight excluding hydrogens is 384 g/mol. The van der Waals surface area contributed by atoms with Gasteiger partial charge in [0.2, 0.25) is 0 Å². The fraction of sp³-hybridized carbons (Fsp3) is 0.536. The number of ketones is 1. The van der Waals surface area contributed by atoms with Gasteiger partial charge >= 0.3 is 0 Å². The first-order valence-corrected chi connectivity index (χ1v) is 12.1. The quantitative estimate of drug-likeness (QED) is 0.462. The molecular formula is C28H36O3. The fourth-order valence-corrected chi connectivity index (χ4v) is 5.69. The summed E-state index contributed by atoms with van der Waals surface area (Å²) in [6, 6.07) is 16.2. The summed E-state index contributed by atoms with van der Waals surface area (Å²) in [5.41, 5.74) is 3.52. The number of phenolic OH excluding ortho intramolecular Hbond substituents is 1. The fourth-order valence-electron chi connectivity index (χ4n) is 5.69. The van der Waals surface area contributed by atoms with E-state index in [0.717, 1.165) is 37.7 Å². The highest BCUT2D eigenvalue weighted by molar-refractivity contribution is 5.84. The molecule has 0 bridgehead atoms. The van der Waals surface area contributed by atoms with Crippen LogP contribution in [0.3, 0.4) is 0 Å². The van der Waals surface area contributed by atoms with Crippen LogP contribution in [0.2, 0.25) is 0 Å². The van der Waals surface area contributed by atoms with Gasteiger partial charge in [-0.25, -0.2) is 0 Å². The van der Waals surface area contributed by atoms with Crippen molar-refractivity contribution in [3.8, 4) is 5.75 Å². The first-order chi connectivity index (χ1) is 15.2. The average molecular weight is 421 g/mol. The SMILES string of the molecule is CCCCC[C@@H](CCC1C(=O)C[C@@H]2Cc3c(O)cccc3C[C@H]12)OCc1ccccc1. The van der Waals surface area contributed by atoms with Crippen LogP contribution in [0.25, 0.3) is 0 Å². The monoisotopic (exact) mass is 420 g/mol. The Morgan fingerprint density at radius 3 is 2.65 bits per heavy atom. The molecule has 0 aromatic heterocycles. The van der Waals surface area contributed by atoms with Gasteiger partial charge in [-0.1, -0.05) is 68.7 Å². The van der Waals surface area contributed by atoms with Crippen LogP contribution in [-0.4, -0.2) is 17.0 Å². The van der Waals surface area contributed by atoms with E-state index in [4.69, 9.17) is 4.74 Å². The zero-order valence-electron chi connectivity index (χ0n) is 18.8. The van der Waals surface area contributed by atoms with Crippen molar-refractivity contribution < 1.29 is 14.6 Å². The van der Waals surface area contributed by atoms with Gasteiger partial charge in [-0.05, 0) is 66.7 Å². The topological polar surface area (TPSA) is 46.5 Å². The summed E-state index contributed by atoms with van der Waals surface area (Å²) in [6.07, 6.45) is 9.27. The van der Waals surface area contributed by atoms with E-state index in [0.29, 0.717) is 36.4 Å². The summed E-state index contributed by atoms with van der Waals surface area (Å²) in [7, 11) is 0. The Kier molecular flexibility index (Phi) is 7.45. The molecule has 0 spiro atoms. The van der Waals surface area contributed by atoms with E-state index in [9.17, 15) is 9.90 Å². The van der Waals surface area contributed by atoms with Crippen molar-refractivity contribution in [1.29, 1.82) is 0 Å². The number of fused-ring (bicyclic) bond motifs is 2. The second kappa shape index (κ2) is 10.5. The van der Waals surface area contributed by atoms with Crippen LogP contribution in [0.5, 0.6) is 5.75 Å². The van der Waals surface area contributed by atoms with Gasteiger partial charge in [0.15, 0.2) is 0 Å². The highest BCUT2D eigenvalue weighted by Gasteiger charge is 2.44. The Hall–Kier alpha value is -2.13. The summed E-state index contributed by atoms with van der Waals surface area (Å²) in [5, 5.41) is 10.2. The molecule has 1 N–H and O–H groups in total. The Labute approximate surface area is 186 Å². The molecule has 1 unspecified atom stereocenters. The second-order valence-corrected chi connectivity index (χ2v) is 9.52. The van der Waals surface area contributed by atoms with Gasteiger partial charge in [0.05, 0.1) is 12.7 Å². The van der Waals surface area contributed by atoms with Crippen molar-refractivity contribution in [3.63, 3.8) is 0 Å². The van der Waals surface area contributed by atoms with E-state index in [1.807, 2.05) is 12.1 Å². The number of phenols is 1. The van der Waals surface area contributed by atoms with Crippen molar-refractivity contribution in [1.82, 2.24) is 0 Å². The standard InChI is InChI=1S/C28H36O3/c1-2-3-5-12-23(31-19-20-9-6-4-7-10-20)14-15-24-25-16-21-11-8-13-27(29)26(21)17-22(25)18-28(24)30/h4,6-11,13,22-25,29H,2-3,5,12,14-19H2,1H3/t22-,23-,24?,25-/m0/s1. The number of Topliss-reactive ketones (excluding diaryl/α,β-unsaturated/α-hetero) is 1. The molecule has 0 radical (unpaired) electrons. The predicted octanol–water partition coefficient (Wildman–Crippen LogP) is 6.26. The molecule has 0 saturated heterocycles. The van der Waals surface area contributed by atoms with Gasteiger partial charge in [-0.2, -0.15) is 0 Å². The minimum atomic E-state index is 0.148. The van der Waals surface area contributed by atoms with Crippen LogP contribution < -0.4 is 0 Å². The van der Waals surface area contributed by atoms with E-state index in [1.165, 1.54) is 30.4 Å².